The molecule has 0 aliphatic rings. The van der Waals surface area contributed by atoms with Crippen molar-refractivity contribution in [3.63, 3.8) is 0 Å². The van der Waals surface area contributed by atoms with Gasteiger partial charge in [-0.15, -0.1) is 0 Å². The van der Waals surface area contributed by atoms with E-state index < -0.39 is 0 Å². The van der Waals surface area contributed by atoms with Crippen LogP contribution in [0.5, 0.6) is 0 Å². The van der Waals surface area contributed by atoms with Crippen molar-refractivity contribution in [3.05, 3.63) is 24.3 Å². The Balaban J connectivity index is 2.78. The predicted octanol–water partition coefficient (Wildman–Crippen LogP) is 1.56. The Morgan fingerprint density at radius 2 is 2.42 bits per heavy atom. The maximum atomic E-state index is 11.3. The highest BCUT2D eigenvalue weighted by molar-refractivity contribution is 5.84. The van der Waals surface area contributed by atoms with Crippen LogP contribution in [0, 0.1) is 0 Å². The van der Waals surface area contributed by atoms with E-state index in [4.69, 9.17) is 0 Å². The number of rotatable bonds is 3. The molecule has 0 N–H and O–H groups in total. The Morgan fingerprint density at radius 3 is 2.92 bits per heavy atom. The largest absolute Gasteiger partial charge is 0.299 e. The van der Waals surface area contributed by atoms with E-state index in [-0.39, 0.29) is 11.7 Å². The van der Waals surface area contributed by atoms with Crippen LogP contribution in [0.3, 0.4) is 0 Å². The van der Waals surface area contributed by atoms with E-state index in [9.17, 15) is 4.79 Å². The van der Waals surface area contributed by atoms with Crippen molar-refractivity contribution in [3.8, 4) is 0 Å². The molecule has 12 heavy (non-hydrogen) atoms. The van der Waals surface area contributed by atoms with Gasteiger partial charge >= 0.3 is 0 Å². The molecule has 0 saturated heterocycles. The second kappa shape index (κ2) is 3.95. The third-order valence-corrected chi connectivity index (χ3v) is 1.88. The molecular weight excluding hydrogens is 152 g/mol. The lowest BCUT2D eigenvalue weighted by Gasteiger charge is -2.06. The van der Waals surface area contributed by atoms with Gasteiger partial charge < -0.3 is 0 Å². The maximum Gasteiger partial charge on any atom is 0.141 e. The molecule has 0 spiro atoms. The number of carbonyl (C=O) groups excluding carboxylic acids is 1. The van der Waals surface area contributed by atoms with E-state index >= 15 is 0 Å². The summed E-state index contributed by atoms with van der Waals surface area (Å²) in [6.07, 6.45) is 3.68. The van der Waals surface area contributed by atoms with Crippen LogP contribution in [0.15, 0.2) is 18.6 Å². The fourth-order valence-electron chi connectivity index (χ4n) is 1.03. The monoisotopic (exact) mass is 164 g/mol. The Hall–Kier alpha value is -1.25. The molecule has 64 valence electrons. The quantitative estimate of drug-likeness (QED) is 0.680. The van der Waals surface area contributed by atoms with E-state index in [2.05, 4.69) is 9.97 Å². The molecule has 0 saturated carbocycles. The van der Waals surface area contributed by atoms with Crippen LogP contribution in [0.25, 0.3) is 0 Å². The van der Waals surface area contributed by atoms with Crippen LogP contribution < -0.4 is 0 Å². The molecule has 3 nitrogen and oxygen atoms in total. The zero-order valence-corrected chi connectivity index (χ0v) is 7.32. The second-order valence-corrected chi connectivity index (χ2v) is 2.68. The molecule has 0 fully saturated rings. The summed E-state index contributed by atoms with van der Waals surface area (Å²) in [5.74, 6) is 0.117. The zero-order chi connectivity index (χ0) is 8.97. The highest BCUT2D eigenvalue weighted by atomic mass is 16.1. The van der Waals surface area contributed by atoms with Gasteiger partial charge in [-0.05, 0) is 13.0 Å². The minimum absolute atomic E-state index is 0.0991. The molecule has 0 aromatic carbocycles. The zero-order valence-electron chi connectivity index (χ0n) is 7.32. The lowest BCUT2D eigenvalue weighted by molar-refractivity contribution is -0.119. The minimum Gasteiger partial charge on any atom is -0.299 e. The van der Waals surface area contributed by atoms with E-state index in [0.29, 0.717) is 6.42 Å². The maximum absolute atomic E-state index is 11.3. The van der Waals surface area contributed by atoms with Gasteiger partial charge in [0.2, 0.25) is 0 Å². The molecule has 3 heteroatoms. The lowest BCUT2D eigenvalue weighted by Crippen LogP contribution is -2.08. The SMILES string of the molecule is CCC(=O)C(C)c1ccncn1. The molecule has 1 aromatic rings. The molecule has 0 aliphatic carbocycles. The van der Waals surface area contributed by atoms with E-state index in [1.807, 2.05) is 13.8 Å². The first-order chi connectivity index (χ1) is 5.75. The normalized spacial score (nSPS) is 12.5. The molecule has 0 radical (unpaired) electrons. The number of ketones is 1. The van der Waals surface area contributed by atoms with Crippen LogP contribution in [0.4, 0.5) is 0 Å². The van der Waals surface area contributed by atoms with Gasteiger partial charge in [0.15, 0.2) is 0 Å². The Labute approximate surface area is 71.9 Å². The first-order valence-electron chi connectivity index (χ1n) is 4.04. The molecule has 0 aliphatic heterocycles. The predicted molar refractivity (Wildman–Crippen MR) is 45.7 cm³/mol. The Morgan fingerprint density at radius 1 is 1.67 bits per heavy atom. The van der Waals surface area contributed by atoms with Gasteiger partial charge in [-0.3, -0.25) is 4.79 Å². The highest BCUT2D eigenvalue weighted by Crippen LogP contribution is 2.13. The van der Waals surface area contributed by atoms with Crippen molar-refractivity contribution < 1.29 is 4.79 Å². The van der Waals surface area contributed by atoms with Gasteiger partial charge in [0.05, 0.1) is 11.6 Å². The van der Waals surface area contributed by atoms with Gasteiger partial charge in [-0.2, -0.15) is 0 Å². The number of carbonyl (C=O) groups is 1. The number of Topliss-reactive ketones (excluding diaryl/α,β-unsaturated/α-hetero) is 1. The van der Waals surface area contributed by atoms with Crippen molar-refractivity contribution >= 4 is 5.78 Å². The summed E-state index contributed by atoms with van der Waals surface area (Å²) in [5, 5.41) is 0. The Kier molecular flexibility index (Phi) is 2.91. The third kappa shape index (κ3) is 1.87. The number of hydrogen-bond acceptors (Lipinski definition) is 3. The molecule has 1 rings (SSSR count). The van der Waals surface area contributed by atoms with Crippen molar-refractivity contribution in [1.82, 2.24) is 9.97 Å². The number of aromatic nitrogens is 2. The average Bonchev–Trinajstić information content (AvgIpc) is 2.17. The van der Waals surface area contributed by atoms with Gasteiger partial charge in [0.1, 0.15) is 12.1 Å². The van der Waals surface area contributed by atoms with Crippen molar-refractivity contribution in [2.75, 3.05) is 0 Å². The molecule has 1 heterocycles. The first-order valence-corrected chi connectivity index (χ1v) is 4.04. The van der Waals surface area contributed by atoms with Crippen LogP contribution in [0.2, 0.25) is 0 Å². The smallest absolute Gasteiger partial charge is 0.141 e. The summed E-state index contributed by atoms with van der Waals surface area (Å²) in [6.45, 7) is 3.73. The topological polar surface area (TPSA) is 42.9 Å². The van der Waals surface area contributed by atoms with Gasteiger partial charge in [0, 0.05) is 12.6 Å². The lowest BCUT2D eigenvalue weighted by atomic mass is 10.0. The highest BCUT2D eigenvalue weighted by Gasteiger charge is 2.13. The van der Waals surface area contributed by atoms with Crippen molar-refractivity contribution in [1.29, 1.82) is 0 Å². The van der Waals surface area contributed by atoms with Crippen LogP contribution in [0.1, 0.15) is 31.9 Å². The first kappa shape index (κ1) is 8.84. The summed E-state index contributed by atoms with van der Waals surface area (Å²) >= 11 is 0. The van der Waals surface area contributed by atoms with Crippen LogP contribution in [-0.2, 0) is 4.79 Å². The van der Waals surface area contributed by atoms with E-state index in [1.54, 1.807) is 12.3 Å². The fraction of sp³-hybridized carbons (Fsp3) is 0.444. The average molecular weight is 164 g/mol. The van der Waals surface area contributed by atoms with Crippen molar-refractivity contribution in [2.45, 2.75) is 26.2 Å². The summed E-state index contributed by atoms with van der Waals surface area (Å²) in [4.78, 5) is 19.1. The molecule has 0 amide bonds. The van der Waals surface area contributed by atoms with E-state index in [1.165, 1.54) is 6.33 Å². The van der Waals surface area contributed by atoms with Crippen LogP contribution >= 0.6 is 0 Å². The standard InChI is InChI=1S/C9H12N2O/c1-3-9(12)7(2)8-4-5-10-6-11-8/h4-7H,3H2,1-2H3. The summed E-state index contributed by atoms with van der Waals surface area (Å²) in [5.41, 5.74) is 0.803. The van der Waals surface area contributed by atoms with E-state index in [0.717, 1.165) is 5.69 Å². The van der Waals surface area contributed by atoms with Gasteiger partial charge in [-0.25, -0.2) is 9.97 Å². The summed E-state index contributed by atoms with van der Waals surface area (Å²) in [7, 11) is 0. The van der Waals surface area contributed by atoms with Crippen LogP contribution in [-0.4, -0.2) is 15.8 Å². The second-order valence-electron chi connectivity index (χ2n) is 2.68. The molecular formula is C9H12N2O. The summed E-state index contributed by atoms with van der Waals surface area (Å²) in [6, 6.07) is 1.78. The number of hydrogen-bond donors (Lipinski definition) is 0. The summed E-state index contributed by atoms with van der Waals surface area (Å²) < 4.78 is 0. The minimum atomic E-state index is -0.0991. The van der Waals surface area contributed by atoms with Gasteiger partial charge in [-0.1, -0.05) is 6.92 Å². The molecule has 1 unspecified atom stereocenters. The Bertz CT molecular complexity index is 258. The molecule has 1 atom stereocenters. The van der Waals surface area contributed by atoms with Gasteiger partial charge in [0.25, 0.3) is 0 Å². The fourth-order valence-corrected chi connectivity index (χ4v) is 1.03. The van der Waals surface area contributed by atoms with Crippen molar-refractivity contribution in [2.24, 2.45) is 0 Å². The molecule has 1 aromatic heterocycles. The number of nitrogens with zero attached hydrogens (tertiary/aromatic N) is 2. The molecule has 0 bridgehead atoms. The third-order valence-electron chi connectivity index (χ3n) is 1.88.